The van der Waals surface area contributed by atoms with E-state index in [1.165, 1.54) is 0 Å². The van der Waals surface area contributed by atoms with E-state index in [4.69, 9.17) is 9.47 Å². The van der Waals surface area contributed by atoms with Crippen molar-refractivity contribution in [2.45, 2.75) is 26.3 Å². The molecular weight excluding hydrogens is 332 g/mol. The number of carbonyl (C=O) groups excluding carboxylic acids is 2. The molecule has 6 nitrogen and oxygen atoms in total. The van der Waals surface area contributed by atoms with Crippen molar-refractivity contribution >= 4 is 17.5 Å². The summed E-state index contributed by atoms with van der Waals surface area (Å²) >= 11 is 0. The van der Waals surface area contributed by atoms with E-state index in [9.17, 15) is 9.59 Å². The van der Waals surface area contributed by atoms with Gasteiger partial charge in [-0.3, -0.25) is 9.59 Å². The molecule has 3 rings (SSSR count). The Labute approximate surface area is 152 Å². The average molecular weight is 354 g/mol. The molecule has 1 aliphatic heterocycles. The minimum Gasteiger partial charge on any atom is -0.493 e. The van der Waals surface area contributed by atoms with E-state index in [0.29, 0.717) is 43.1 Å². The van der Waals surface area contributed by atoms with E-state index in [1.807, 2.05) is 31.2 Å². The van der Waals surface area contributed by atoms with Gasteiger partial charge in [0.05, 0.1) is 13.7 Å². The Morgan fingerprint density at radius 1 is 1.15 bits per heavy atom. The minimum atomic E-state index is -0.155. The molecule has 2 N–H and O–H groups in total. The first kappa shape index (κ1) is 17.8. The maximum absolute atomic E-state index is 12.4. The third-order valence-electron chi connectivity index (χ3n) is 4.24. The quantitative estimate of drug-likeness (QED) is 0.836. The number of rotatable bonds is 6. The number of aryl methyl sites for hydroxylation is 1. The van der Waals surface area contributed by atoms with Gasteiger partial charge in [-0.1, -0.05) is 6.07 Å². The van der Waals surface area contributed by atoms with Gasteiger partial charge in [-0.05, 0) is 54.8 Å². The summed E-state index contributed by atoms with van der Waals surface area (Å²) in [5, 5.41) is 5.73. The van der Waals surface area contributed by atoms with E-state index < -0.39 is 0 Å². The van der Waals surface area contributed by atoms with Gasteiger partial charge in [0.1, 0.15) is 0 Å². The van der Waals surface area contributed by atoms with Crippen LogP contribution in [0.1, 0.15) is 34.8 Å². The Kier molecular flexibility index (Phi) is 5.41. The number of nitrogens with one attached hydrogen (secondary N) is 2. The van der Waals surface area contributed by atoms with Crippen LogP contribution in [0.2, 0.25) is 0 Å². The van der Waals surface area contributed by atoms with Crippen molar-refractivity contribution in [3.8, 4) is 11.5 Å². The van der Waals surface area contributed by atoms with Gasteiger partial charge in [0.2, 0.25) is 5.91 Å². The number of amides is 2. The van der Waals surface area contributed by atoms with Crippen molar-refractivity contribution in [3.63, 3.8) is 0 Å². The van der Waals surface area contributed by atoms with Gasteiger partial charge in [-0.25, -0.2) is 0 Å². The predicted molar refractivity (Wildman–Crippen MR) is 98.7 cm³/mol. The van der Waals surface area contributed by atoms with Crippen molar-refractivity contribution in [1.29, 1.82) is 0 Å². The average Bonchev–Trinajstić information content (AvgIpc) is 2.66. The number of hydrogen-bond donors (Lipinski definition) is 2. The number of anilines is 1. The maximum Gasteiger partial charge on any atom is 0.251 e. The summed E-state index contributed by atoms with van der Waals surface area (Å²) in [6, 6.07) is 10.9. The van der Waals surface area contributed by atoms with Crippen LogP contribution < -0.4 is 20.1 Å². The van der Waals surface area contributed by atoms with E-state index in [0.717, 1.165) is 16.8 Å². The first-order valence-corrected chi connectivity index (χ1v) is 8.61. The summed E-state index contributed by atoms with van der Waals surface area (Å²) < 4.78 is 10.8. The van der Waals surface area contributed by atoms with Crippen LogP contribution in [0.25, 0.3) is 0 Å². The molecule has 0 unspecified atom stereocenters. The molecule has 0 atom stereocenters. The molecule has 0 aliphatic carbocycles. The number of hydrogen-bond acceptors (Lipinski definition) is 4. The first-order valence-electron chi connectivity index (χ1n) is 8.61. The lowest BCUT2D eigenvalue weighted by molar-refractivity contribution is -0.116. The van der Waals surface area contributed by atoms with Gasteiger partial charge in [0.15, 0.2) is 11.5 Å². The lowest BCUT2D eigenvalue weighted by Crippen LogP contribution is -2.24. The fraction of sp³-hybridized carbons (Fsp3) is 0.300. The van der Waals surface area contributed by atoms with Crippen LogP contribution in [-0.4, -0.2) is 25.5 Å². The summed E-state index contributed by atoms with van der Waals surface area (Å²) in [4.78, 5) is 23.8. The van der Waals surface area contributed by atoms with Crippen molar-refractivity contribution in [3.05, 3.63) is 53.1 Å². The van der Waals surface area contributed by atoms with Gasteiger partial charge in [-0.2, -0.15) is 0 Å². The Hall–Kier alpha value is -3.02. The van der Waals surface area contributed by atoms with Gasteiger partial charge in [-0.15, -0.1) is 0 Å². The largest absolute Gasteiger partial charge is 0.493 e. The van der Waals surface area contributed by atoms with E-state index in [1.54, 1.807) is 19.2 Å². The molecule has 1 heterocycles. The van der Waals surface area contributed by atoms with Gasteiger partial charge in [0.25, 0.3) is 5.91 Å². The molecule has 0 spiro atoms. The number of ether oxygens (including phenoxy) is 2. The number of methoxy groups -OCH3 is 1. The summed E-state index contributed by atoms with van der Waals surface area (Å²) in [6.45, 7) is 2.86. The molecule has 2 aromatic rings. The van der Waals surface area contributed by atoms with Crippen LogP contribution in [0.4, 0.5) is 5.69 Å². The molecule has 0 aromatic heterocycles. The van der Waals surface area contributed by atoms with Crippen LogP contribution in [0, 0.1) is 0 Å². The minimum absolute atomic E-state index is 0.0131. The highest BCUT2D eigenvalue weighted by atomic mass is 16.5. The van der Waals surface area contributed by atoms with Crippen molar-refractivity contribution in [2.75, 3.05) is 19.0 Å². The Morgan fingerprint density at radius 2 is 2.00 bits per heavy atom. The zero-order valence-electron chi connectivity index (χ0n) is 14.9. The van der Waals surface area contributed by atoms with E-state index >= 15 is 0 Å². The predicted octanol–water partition coefficient (Wildman–Crippen LogP) is 2.91. The second-order valence-electron chi connectivity index (χ2n) is 6.02. The van der Waals surface area contributed by atoms with Gasteiger partial charge < -0.3 is 20.1 Å². The zero-order valence-corrected chi connectivity index (χ0v) is 14.9. The van der Waals surface area contributed by atoms with Crippen LogP contribution in [0.15, 0.2) is 36.4 Å². The maximum atomic E-state index is 12.4. The summed E-state index contributed by atoms with van der Waals surface area (Å²) in [6.07, 6.45) is 1.10. The Morgan fingerprint density at radius 3 is 2.77 bits per heavy atom. The molecule has 2 amide bonds. The zero-order chi connectivity index (χ0) is 18.5. The van der Waals surface area contributed by atoms with Crippen LogP contribution in [0.3, 0.4) is 0 Å². The van der Waals surface area contributed by atoms with E-state index in [-0.39, 0.29) is 11.8 Å². The molecule has 1 aliphatic rings. The molecule has 0 radical (unpaired) electrons. The van der Waals surface area contributed by atoms with Crippen molar-refractivity contribution < 1.29 is 19.1 Å². The van der Waals surface area contributed by atoms with Gasteiger partial charge >= 0.3 is 0 Å². The molecule has 26 heavy (non-hydrogen) atoms. The third-order valence-corrected chi connectivity index (χ3v) is 4.24. The number of benzene rings is 2. The molecule has 2 aromatic carbocycles. The second kappa shape index (κ2) is 7.91. The highest BCUT2D eigenvalue weighted by Crippen LogP contribution is 2.28. The van der Waals surface area contributed by atoms with E-state index in [2.05, 4.69) is 10.6 Å². The lowest BCUT2D eigenvalue weighted by Gasteiger charge is -2.17. The molecule has 0 fully saturated rings. The monoisotopic (exact) mass is 354 g/mol. The summed E-state index contributed by atoms with van der Waals surface area (Å²) in [5.41, 5.74) is 3.27. The van der Waals surface area contributed by atoms with Crippen LogP contribution >= 0.6 is 0 Å². The highest BCUT2D eigenvalue weighted by molar-refractivity contribution is 5.97. The third kappa shape index (κ3) is 3.96. The Bertz CT molecular complexity index is 833. The topological polar surface area (TPSA) is 76.7 Å². The van der Waals surface area contributed by atoms with Crippen LogP contribution in [-0.2, 0) is 17.8 Å². The van der Waals surface area contributed by atoms with Gasteiger partial charge in [0, 0.05) is 24.2 Å². The molecule has 0 bridgehead atoms. The molecule has 6 heteroatoms. The summed E-state index contributed by atoms with van der Waals surface area (Å²) in [7, 11) is 1.59. The number of carbonyl (C=O) groups is 2. The van der Waals surface area contributed by atoms with Crippen LogP contribution in [0.5, 0.6) is 11.5 Å². The van der Waals surface area contributed by atoms with Crippen molar-refractivity contribution in [2.24, 2.45) is 0 Å². The SMILES string of the molecule is CCOc1ccc(CNC(=O)c2ccc3c(c2)CCC(=O)N3)cc1OC. The molecule has 0 saturated carbocycles. The lowest BCUT2D eigenvalue weighted by atomic mass is 10.00. The summed E-state index contributed by atoms with van der Waals surface area (Å²) in [5.74, 6) is 1.18. The Balaban J connectivity index is 1.66. The first-order chi connectivity index (χ1) is 12.6. The normalized spacial score (nSPS) is 12.8. The highest BCUT2D eigenvalue weighted by Gasteiger charge is 2.16. The molecular formula is C20H22N2O4. The second-order valence-corrected chi connectivity index (χ2v) is 6.02. The fourth-order valence-corrected chi connectivity index (χ4v) is 2.91. The molecule has 136 valence electrons. The molecule has 0 saturated heterocycles. The number of fused-ring (bicyclic) bond motifs is 1. The van der Waals surface area contributed by atoms with Crippen molar-refractivity contribution in [1.82, 2.24) is 5.32 Å². The standard InChI is InChI=1S/C20H22N2O4/c1-3-26-17-8-4-13(10-18(17)25-2)12-21-20(24)15-5-7-16-14(11-15)6-9-19(23)22-16/h4-5,7-8,10-11H,3,6,9,12H2,1-2H3,(H,21,24)(H,22,23). The fourth-order valence-electron chi connectivity index (χ4n) is 2.91. The smallest absolute Gasteiger partial charge is 0.251 e.